The van der Waals surface area contributed by atoms with Gasteiger partial charge in [0.25, 0.3) is 0 Å². The van der Waals surface area contributed by atoms with Crippen molar-refractivity contribution in [3.05, 3.63) is 30.3 Å². The molecular formula is C12H22N2Si. The van der Waals surface area contributed by atoms with E-state index in [2.05, 4.69) is 67.4 Å². The molecule has 0 aliphatic rings. The standard InChI is InChI=1S/C12H22N2Si/c1-5-14(6-2)15(13(3)4)12-10-8-7-9-11-12/h7-11,15H,5-6H2,1-4H3. The topological polar surface area (TPSA) is 6.48 Å². The van der Waals surface area contributed by atoms with Gasteiger partial charge in [-0.05, 0) is 32.4 Å². The van der Waals surface area contributed by atoms with E-state index in [-0.39, 0.29) is 0 Å². The van der Waals surface area contributed by atoms with E-state index in [4.69, 9.17) is 0 Å². The van der Waals surface area contributed by atoms with Crippen molar-refractivity contribution in [2.45, 2.75) is 13.8 Å². The van der Waals surface area contributed by atoms with Gasteiger partial charge in [-0.3, -0.25) is 0 Å². The summed E-state index contributed by atoms with van der Waals surface area (Å²) in [6, 6.07) is 10.9. The maximum atomic E-state index is 2.59. The van der Waals surface area contributed by atoms with Gasteiger partial charge in [-0.15, -0.1) is 0 Å². The van der Waals surface area contributed by atoms with Gasteiger partial charge in [-0.2, -0.15) is 0 Å². The Hall–Kier alpha value is -0.643. The lowest BCUT2D eigenvalue weighted by Crippen LogP contribution is -2.57. The first-order valence-electron chi connectivity index (χ1n) is 5.66. The summed E-state index contributed by atoms with van der Waals surface area (Å²) in [5, 5.41) is 1.51. The maximum absolute atomic E-state index is 2.59. The molecule has 0 N–H and O–H groups in total. The van der Waals surface area contributed by atoms with Crippen LogP contribution in [0.4, 0.5) is 0 Å². The molecule has 3 heteroatoms. The van der Waals surface area contributed by atoms with Gasteiger partial charge in [-0.1, -0.05) is 44.2 Å². The third-order valence-corrected chi connectivity index (χ3v) is 6.13. The maximum Gasteiger partial charge on any atom is 0.222 e. The second kappa shape index (κ2) is 6.05. The fraction of sp³-hybridized carbons (Fsp3) is 0.500. The fourth-order valence-corrected chi connectivity index (χ4v) is 4.96. The fourth-order valence-electron chi connectivity index (χ4n) is 2.03. The molecule has 0 saturated carbocycles. The van der Waals surface area contributed by atoms with Crippen molar-refractivity contribution in [1.29, 1.82) is 0 Å². The molecule has 15 heavy (non-hydrogen) atoms. The molecule has 0 heterocycles. The van der Waals surface area contributed by atoms with Gasteiger partial charge in [0.05, 0.1) is 0 Å². The molecule has 1 unspecified atom stereocenters. The van der Waals surface area contributed by atoms with Crippen molar-refractivity contribution >= 4 is 14.3 Å². The van der Waals surface area contributed by atoms with E-state index in [9.17, 15) is 0 Å². The molecule has 0 aliphatic heterocycles. The zero-order chi connectivity index (χ0) is 11.3. The summed E-state index contributed by atoms with van der Waals surface area (Å²) in [6.45, 7) is 6.77. The van der Waals surface area contributed by atoms with Crippen LogP contribution in [-0.2, 0) is 0 Å². The molecule has 0 fully saturated rings. The smallest absolute Gasteiger partial charge is 0.222 e. The van der Waals surface area contributed by atoms with Crippen LogP contribution in [0.2, 0.25) is 0 Å². The molecule has 0 saturated heterocycles. The first-order chi connectivity index (χ1) is 7.20. The number of rotatable bonds is 5. The summed E-state index contributed by atoms with van der Waals surface area (Å²) in [5.74, 6) is 0. The minimum atomic E-state index is -1.11. The van der Waals surface area contributed by atoms with E-state index in [0.717, 1.165) is 13.1 Å². The van der Waals surface area contributed by atoms with Crippen LogP contribution in [0.1, 0.15) is 13.8 Å². The molecule has 2 nitrogen and oxygen atoms in total. The Morgan fingerprint density at radius 2 is 1.53 bits per heavy atom. The Morgan fingerprint density at radius 3 is 1.93 bits per heavy atom. The first-order valence-corrected chi connectivity index (χ1v) is 7.27. The van der Waals surface area contributed by atoms with Gasteiger partial charge in [0.2, 0.25) is 9.12 Å². The van der Waals surface area contributed by atoms with Crippen molar-refractivity contribution in [1.82, 2.24) is 9.13 Å². The van der Waals surface area contributed by atoms with Crippen LogP contribution < -0.4 is 5.19 Å². The summed E-state index contributed by atoms with van der Waals surface area (Å²) in [4.78, 5) is 0. The average molecular weight is 222 g/mol. The van der Waals surface area contributed by atoms with Crippen LogP contribution >= 0.6 is 0 Å². The molecule has 0 spiro atoms. The van der Waals surface area contributed by atoms with E-state index < -0.39 is 9.12 Å². The number of benzene rings is 1. The van der Waals surface area contributed by atoms with Crippen LogP contribution in [0.15, 0.2) is 30.3 Å². The Morgan fingerprint density at radius 1 is 1.00 bits per heavy atom. The molecule has 0 radical (unpaired) electrons. The van der Waals surface area contributed by atoms with E-state index in [1.807, 2.05) is 0 Å². The highest BCUT2D eigenvalue weighted by atomic mass is 28.3. The monoisotopic (exact) mass is 222 g/mol. The normalized spacial score (nSPS) is 13.5. The van der Waals surface area contributed by atoms with Gasteiger partial charge in [0, 0.05) is 0 Å². The molecule has 1 aromatic carbocycles. The molecule has 1 aromatic rings. The van der Waals surface area contributed by atoms with E-state index in [1.54, 1.807) is 0 Å². The summed E-state index contributed by atoms with van der Waals surface area (Å²) >= 11 is 0. The molecule has 0 bridgehead atoms. The van der Waals surface area contributed by atoms with Gasteiger partial charge in [-0.25, -0.2) is 0 Å². The third-order valence-electron chi connectivity index (χ3n) is 2.75. The Balaban J connectivity index is 2.92. The summed E-state index contributed by atoms with van der Waals surface area (Å²) < 4.78 is 5.00. The highest BCUT2D eigenvalue weighted by molar-refractivity contribution is 6.67. The van der Waals surface area contributed by atoms with Gasteiger partial charge in [0.15, 0.2) is 0 Å². The predicted molar refractivity (Wildman–Crippen MR) is 69.8 cm³/mol. The Bertz CT molecular complexity index is 270. The molecule has 0 aromatic heterocycles. The van der Waals surface area contributed by atoms with Crippen LogP contribution in [0.5, 0.6) is 0 Å². The summed E-state index contributed by atoms with van der Waals surface area (Å²) in [5.41, 5.74) is 0. The molecule has 1 rings (SSSR count). The van der Waals surface area contributed by atoms with Crippen molar-refractivity contribution in [3.8, 4) is 0 Å². The van der Waals surface area contributed by atoms with E-state index >= 15 is 0 Å². The first kappa shape index (κ1) is 12.4. The Kier molecular flexibility index (Phi) is 5.01. The molecule has 0 amide bonds. The zero-order valence-corrected chi connectivity index (χ0v) is 11.4. The van der Waals surface area contributed by atoms with Gasteiger partial charge < -0.3 is 9.13 Å². The van der Waals surface area contributed by atoms with Crippen LogP contribution in [0, 0.1) is 0 Å². The number of hydrogen-bond acceptors (Lipinski definition) is 2. The lowest BCUT2D eigenvalue weighted by molar-refractivity contribution is 0.434. The average Bonchev–Trinajstić information content (AvgIpc) is 2.26. The molecular weight excluding hydrogens is 200 g/mol. The lowest BCUT2D eigenvalue weighted by atomic mass is 10.4. The minimum absolute atomic E-state index is 1.11. The van der Waals surface area contributed by atoms with Crippen LogP contribution in [0.25, 0.3) is 0 Å². The summed E-state index contributed by atoms with van der Waals surface area (Å²) in [7, 11) is 3.28. The second-order valence-electron chi connectivity index (χ2n) is 3.97. The quantitative estimate of drug-likeness (QED) is 0.686. The second-order valence-corrected chi connectivity index (χ2v) is 7.15. The highest BCUT2D eigenvalue weighted by Gasteiger charge is 2.22. The number of hydrogen-bond donors (Lipinski definition) is 0. The van der Waals surface area contributed by atoms with Crippen molar-refractivity contribution < 1.29 is 0 Å². The van der Waals surface area contributed by atoms with Crippen molar-refractivity contribution in [3.63, 3.8) is 0 Å². The third kappa shape index (κ3) is 3.16. The zero-order valence-electron chi connectivity index (χ0n) is 10.3. The number of nitrogens with zero attached hydrogens (tertiary/aromatic N) is 2. The van der Waals surface area contributed by atoms with Crippen LogP contribution in [-0.4, -0.2) is 45.4 Å². The minimum Gasteiger partial charge on any atom is -0.316 e. The molecule has 1 atom stereocenters. The van der Waals surface area contributed by atoms with Crippen molar-refractivity contribution in [2.24, 2.45) is 0 Å². The summed E-state index contributed by atoms with van der Waals surface area (Å²) in [6.07, 6.45) is 0. The predicted octanol–water partition coefficient (Wildman–Crippen LogP) is 1.02. The molecule has 0 aliphatic carbocycles. The lowest BCUT2D eigenvalue weighted by Gasteiger charge is -2.33. The highest BCUT2D eigenvalue weighted by Crippen LogP contribution is 1.99. The van der Waals surface area contributed by atoms with Gasteiger partial charge >= 0.3 is 0 Å². The van der Waals surface area contributed by atoms with E-state index in [0.29, 0.717) is 0 Å². The SMILES string of the molecule is CCN(CC)[SiH](c1ccccc1)N(C)C. The van der Waals surface area contributed by atoms with Gasteiger partial charge in [0.1, 0.15) is 0 Å². The van der Waals surface area contributed by atoms with Crippen molar-refractivity contribution in [2.75, 3.05) is 27.2 Å². The van der Waals surface area contributed by atoms with E-state index in [1.165, 1.54) is 5.19 Å². The Labute approximate surface area is 95.3 Å². The molecule has 84 valence electrons. The van der Waals surface area contributed by atoms with Crippen LogP contribution in [0.3, 0.4) is 0 Å². The largest absolute Gasteiger partial charge is 0.316 e.